The van der Waals surface area contributed by atoms with Gasteiger partial charge in [0.05, 0.1) is 12.0 Å². The van der Waals surface area contributed by atoms with Crippen LogP contribution in [0.15, 0.2) is 18.2 Å². The van der Waals surface area contributed by atoms with Gasteiger partial charge in [-0.05, 0) is 6.42 Å². The fraction of sp³-hybridized carbons (Fsp3) is 0.333. The molecule has 0 aliphatic carbocycles. The molecule has 2 N–H and O–H groups in total. The lowest BCUT2D eigenvalue weighted by molar-refractivity contribution is -0.385. The Kier molecular flexibility index (Phi) is 5.15. The van der Waals surface area contributed by atoms with E-state index in [0.29, 0.717) is 0 Å². The van der Waals surface area contributed by atoms with Crippen molar-refractivity contribution in [2.45, 2.75) is 18.9 Å². The second-order valence-corrected chi connectivity index (χ2v) is 3.92. The van der Waals surface area contributed by atoms with Gasteiger partial charge in [0.25, 0.3) is 5.69 Å². The molecule has 1 aromatic carbocycles. The summed E-state index contributed by atoms with van der Waals surface area (Å²) in [6, 6.07) is 3.74. The van der Waals surface area contributed by atoms with Gasteiger partial charge < -0.3 is 14.9 Å². The molecule has 0 radical (unpaired) electrons. The molecule has 8 heteroatoms. The predicted molar refractivity (Wildman–Crippen MR) is 66.0 cm³/mol. The summed E-state index contributed by atoms with van der Waals surface area (Å²) in [5.74, 6) is -2.11. The zero-order chi connectivity index (χ0) is 15.3. The monoisotopic (exact) mass is 283 g/mol. The van der Waals surface area contributed by atoms with E-state index in [1.165, 1.54) is 25.3 Å². The molecule has 108 valence electrons. The maximum atomic E-state index is 11.1. The average molecular weight is 283 g/mol. The molecule has 1 atom stereocenters. The molecule has 0 aliphatic rings. The number of carboxylic acid groups (broad SMARTS) is 1. The molecule has 20 heavy (non-hydrogen) atoms. The number of nitro benzene ring substituents is 1. The van der Waals surface area contributed by atoms with Crippen molar-refractivity contribution >= 4 is 17.6 Å². The fourth-order valence-corrected chi connectivity index (χ4v) is 1.75. The van der Waals surface area contributed by atoms with Crippen LogP contribution < -0.4 is 0 Å². The van der Waals surface area contributed by atoms with E-state index in [9.17, 15) is 24.8 Å². The number of methoxy groups -OCH3 is 1. The number of aliphatic hydroxyl groups excluding tert-OH is 1. The number of nitrogens with zero attached hydrogens (tertiary/aromatic N) is 1. The van der Waals surface area contributed by atoms with Crippen molar-refractivity contribution in [2.75, 3.05) is 7.11 Å². The average Bonchev–Trinajstić information content (AvgIpc) is 2.43. The summed E-state index contributed by atoms with van der Waals surface area (Å²) in [6.07, 6.45) is -2.13. The number of esters is 1. The number of aliphatic carboxylic acids is 1. The van der Waals surface area contributed by atoms with Crippen LogP contribution in [0.3, 0.4) is 0 Å². The number of nitro groups is 1. The maximum absolute atomic E-state index is 11.1. The van der Waals surface area contributed by atoms with Gasteiger partial charge in [-0.15, -0.1) is 0 Å². The summed E-state index contributed by atoms with van der Waals surface area (Å²) < 4.78 is 4.43. The molecule has 0 saturated carbocycles. The normalized spacial score (nSPS) is 11.7. The smallest absolute Gasteiger partial charge is 0.337 e. The highest BCUT2D eigenvalue weighted by Gasteiger charge is 2.25. The Morgan fingerprint density at radius 3 is 2.60 bits per heavy atom. The summed E-state index contributed by atoms with van der Waals surface area (Å²) in [5.41, 5.74) is -0.430. The highest BCUT2D eigenvalue weighted by atomic mass is 16.6. The Hall–Kier alpha value is -2.48. The number of ether oxygens (including phenoxy) is 1. The van der Waals surface area contributed by atoms with Crippen molar-refractivity contribution in [1.29, 1.82) is 0 Å². The molecule has 0 fully saturated rings. The van der Waals surface area contributed by atoms with Crippen molar-refractivity contribution in [3.8, 4) is 0 Å². The zero-order valence-electron chi connectivity index (χ0n) is 10.6. The van der Waals surface area contributed by atoms with Crippen LogP contribution in [0.25, 0.3) is 0 Å². The minimum Gasteiger partial charge on any atom is -0.479 e. The van der Waals surface area contributed by atoms with Gasteiger partial charge in [0, 0.05) is 23.6 Å². The van der Waals surface area contributed by atoms with Crippen LogP contribution in [0.5, 0.6) is 0 Å². The first-order chi connectivity index (χ1) is 9.38. The number of carboxylic acids is 1. The van der Waals surface area contributed by atoms with E-state index in [-0.39, 0.29) is 29.7 Å². The largest absolute Gasteiger partial charge is 0.479 e. The summed E-state index contributed by atoms with van der Waals surface area (Å²) in [6.45, 7) is 0. The third-order valence-electron chi connectivity index (χ3n) is 2.72. The maximum Gasteiger partial charge on any atom is 0.337 e. The molecule has 0 bridgehead atoms. The number of carbonyl (C=O) groups excluding carboxylic acids is 1. The van der Waals surface area contributed by atoms with Gasteiger partial charge >= 0.3 is 11.9 Å². The number of carbonyl (C=O) groups is 2. The Morgan fingerprint density at radius 2 is 2.10 bits per heavy atom. The fourth-order valence-electron chi connectivity index (χ4n) is 1.75. The highest BCUT2D eigenvalue weighted by Crippen LogP contribution is 2.28. The SMILES string of the molecule is COC(=O)CCc1c(C(O)C(=O)O)cccc1[N+](=O)[O-]. The lowest BCUT2D eigenvalue weighted by atomic mass is 9.97. The first-order valence-corrected chi connectivity index (χ1v) is 5.62. The number of hydrogen-bond acceptors (Lipinski definition) is 6. The number of rotatable bonds is 6. The van der Waals surface area contributed by atoms with Gasteiger partial charge in [-0.1, -0.05) is 12.1 Å². The number of hydrogen-bond donors (Lipinski definition) is 2. The molecule has 8 nitrogen and oxygen atoms in total. The molecule has 1 unspecified atom stereocenters. The number of benzene rings is 1. The second kappa shape index (κ2) is 6.62. The van der Waals surface area contributed by atoms with E-state index in [1.807, 2.05) is 0 Å². The Balaban J connectivity index is 3.22. The van der Waals surface area contributed by atoms with Crippen LogP contribution in [-0.2, 0) is 20.7 Å². The van der Waals surface area contributed by atoms with Crippen LogP contribution in [-0.4, -0.2) is 34.2 Å². The van der Waals surface area contributed by atoms with Crippen molar-refractivity contribution < 1.29 is 29.5 Å². The molecule has 0 heterocycles. The van der Waals surface area contributed by atoms with E-state index in [0.717, 1.165) is 0 Å². The van der Waals surface area contributed by atoms with Gasteiger partial charge in [-0.2, -0.15) is 0 Å². The first-order valence-electron chi connectivity index (χ1n) is 5.62. The van der Waals surface area contributed by atoms with Gasteiger partial charge in [0.1, 0.15) is 0 Å². The van der Waals surface area contributed by atoms with Gasteiger partial charge in [0.2, 0.25) is 0 Å². The summed E-state index contributed by atoms with van der Waals surface area (Å²) in [4.78, 5) is 32.2. The van der Waals surface area contributed by atoms with Crippen LogP contribution in [0.4, 0.5) is 5.69 Å². The lowest BCUT2D eigenvalue weighted by Crippen LogP contribution is -2.14. The topological polar surface area (TPSA) is 127 Å². The minimum atomic E-state index is -1.89. The van der Waals surface area contributed by atoms with Gasteiger partial charge in [-0.25, -0.2) is 4.79 Å². The summed E-state index contributed by atoms with van der Waals surface area (Å²) in [7, 11) is 1.18. The highest BCUT2D eigenvalue weighted by molar-refractivity contribution is 5.76. The van der Waals surface area contributed by atoms with Crippen LogP contribution in [0.1, 0.15) is 23.7 Å². The zero-order valence-corrected chi connectivity index (χ0v) is 10.6. The number of aliphatic hydroxyl groups is 1. The Morgan fingerprint density at radius 1 is 1.45 bits per heavy atom. The van der Waals surface area contributed by atoms with Crippen molar-refractivity contribution in [1.82, 2.24) is 0 Å². The second-order valence-electron chi connectivity index (χ2n) is 3.92. The standard InChI is InChI=1S/C12H13NO7/c1-20-10(14)6-5-7-8(11(15)12(16)17)3-2-4-9(7)13(18)19/h2-4,11,15H,5-6H2,1H3,(H,16,17). The van der Waals surface area contributed by atoms with E-state index >= 15 is 0 Å². The van der Waals surface area contributed by atoms with Crippen molar-refractivity contribution in [3.05, 3.63) is 39.4 Å². The molecule has 1 aromatic rings. The molecular formula is C12H13NO7. The lowest BCUT2D eigenvalue weighted by Gasteiger charge is -2.12. The molecule has 0 spiro atoms. The van der Waals surface area contributed by atoms with Crippen molar-refractivity contribution in [3.63, 3.8) is 0 Å². The molecule has 0 aromatic heterocycles. The van der Waals surface area contributed by atoms with E-state index in [2.05, 4.69) is 4.74 Å². The molecule has 0 aliphatic heterocycles. The van der Waals surface area contributed by atoms with E-state index in [1.54, 1.807) is 0 Å². The predicted octanol–water partition coefficient (Wildman–Crippen LogP) is 0.818. The van der Waals surface area contributed by atoms with E-state index in [4.69, 9.17) is 5.11 Å². The van der Waals surface area contributed by atoms with Crippen LogP contribution >= 0.6 is 0 Å². The molecular weight excluding hydrogens is 270 g/mol. The van der Waals surface area contributed by atoms with Crippen molar-refractivity contribution in [2.24, 2.45) is 0 Å². The third kappa shape index (κ3) is 3.51. The summed E-state index contributed by atoms with van der Waals surface area (Å²) >= 11 is 0. The van der Waals surface area contributed by atoms with Crippen LogP contribution in [0.2, 0.25) is 0 Å². The molecule has 0 amide bonds. The Labute approximate surface area is 113 Å². The third-order valence-corrected chi connectivity index (χ3v) is 2.72. The summed E-state index contributed by atoms with van der Waals surface area (Å²) in [5, 5.41) is 29.3. The van der Waals surface area contributed by atoms with Crippen LogP contribution in [0, 0.1) is 10.1 Å². The Bertz CT molecular complexity index is 541. The molecule has 0 saturated heterocycles. The minimum absolute atomic E-state index is 0.0119. The quantitative estimate of drug-likeness (QED) is 0.449. The van der Waals surface area contributed by atoms with E-state index < -0.39 is 23.0 Å². The van der Waals surface area contributed by atoms with Gasteiger partial charge in [-0.3, -0.25) is 14.9 Å². The van der Waals surface area contributed by atoms with Gasteiger partial charge in [0.15, 0.2) is 6.10 Å². The molecule has 1 rings (SSSR count). The first kappa shape index (κ1) is 15.6.